The second-order valence-corrected chi connectivity index (χ2v) is 14.8. The van der Waals surface area contributed by atoms with Crippen LogP contribution in [0.15, 0.2) is 121 Å². The van der Waals surface area contributed by atoms with E-state index in [1.54, 1.807) is 87.0 Å². The molecule has 5 aromatic rings. The van der Waals surface area contributed by atoms with Gasteiger partial charge < -0.3 is 50.8 Å². The molecule has 0 saturated heterocycles. The minimum Gasteiger partial charge on any atom is -0.497 e. The maximum atomic E-state index is 13.3. The molecule has 0 spiro atoms. The van der Waals surface area contributed by atoms with Crippen LogP contribution < -0.4 is 31.3 Å². The first-order valence-corrected chi connectivity index (χ1v) is 20.7. The van der Waals surface area contributed by atoms with Crippen LogP contribution in [-0.4, -0.2) is 86.8 Å². The fourth-order valence-corrected chi connectivity index (χ4v) is 6.31. The number of hydrogen-bond donors (Lipinski definition) is 6. The highest BCUT2D eigenvalue weighted by molar-refractivity contribution is 6.01. The van der Waals surface area contributed by atoms with Crippen LogP contribution in [-0.2, 0) is 41.5 Å². The Kier molecular flexibility index (Phi) is 21.8. The molecule has 5 aromatic carbocycles. The first-order valence-electron chi connectivity index (χ1n) is 20.7. The molecule has 0 heterocycles. The van der Waals surface area contributed by atoms with Crippen LogP contribution in [0.5, 0.6) is 5.75 Å². The Morgan fingerprint density at radius 1 is 0.636 bits per heavy atom. The monoisotopic (exact) mass is 908 g/mol. The van der Waals surface area contributed by atoms with Gasteiger partial charge in [-0.1, -0.05) is 72.8 Å². The van der Waals surface area contributed by atoms with Crippen molar-refractivity contribution in [2.24, 2.45) is 0 Å². The van der Waals surface area contributed by atoms with Crippen LogP contribution in [0, 0.1) is 13.8 Å². The molecule has 0 bridgehead atoms. The van der Waals surface area contributed by atoms with Gasteiger partial charge in [-0.25, -0.2) is 9.59 Å². The fourth-order valence-electron chi connectivity index (χ4n) is 6.31. The van der Waals surface area contributed by atoms with Crippen molar-refractivity contribution >= 4 is 58.6 Å². The average molecular weight is 909 g/mol. The van der Waals surface area contributed by atoms with Gasteiger partial charge in [0.2, 0.25) is 11.8 Å². The van der Waals surface area contributed by atoms with Crippen molar-refractivity contribution in [2.75, 3.05) is 62.3 Å². The Hall–Kier alpha value is -7.79. The molecule has 0 unspecified atom stereocenters. The molecule has 0 saturated carbocycles. The molecular weight excluding hydrogens is 852 g/mol. The second kappa shape index (κ2) is 27.4. The molecule has 17 heteroatoms. The Balaban J connectivity index is 0.000000439. The number of para-hydroxylation sites is 2. The number of amides is 6. The zero-order chi connectivity index (χ0) is 47.1. The average Bonchev–Trinajstić information content (AvgIpc) is 3.28. The number of methoxy groups -OCH3 is 3. The molecular formula is C49H57FN6O10. The number of halogens is 1. The Morgan fingerprint density at radius 2 is 1.14 bits per heavy atom. The summed E-state index contributed by atoms with van der Waals surface area (Å²) in [5.74, 6) is -1.39. The van der Waals surface area contributed by atoms with Gasteiger partial charge in [-0.05, 0) is 96.6 Å². The predicted octanol–water partition coefficient (Wildman–Crippen LogP) is 7.89. The number of urea groups is 2. The zero-order valence-corrected chi connectivity index (χ0v) is 37.6. The van der Waals surface area contributed by atoms with Gasteiger partial charge in [0.15, 0.2) is 0 Å². The molecule has 0 aliphatic rings. The zero-order valence-electron chi connectivity index (χ0n) is 37.6. The minimum absolute atomic E-state index is 0. The lowest BCUT2D eigenvalue weighted by Gasteiger charge is -2.25. The van der Waals surface area contributed by atoms with Gasteiger partial charge >= 0.3 is 24.0 Å². The summed E-state index contributed by atoms with van der Waals surface area (Å²) >= 11 is 0. The van der Waals surface area contributed by atoms with Crippen molar-refractivity contribution < 1.29 is 52.8 Å². The van der Waals surface area contributed by atoms with Crippen LogP contribution in [0.1, 0.15) is 46.7 Å². The molecule has 0 aromatic heterocycles. The van der Waals surface area contributed by atoms with Crippen molar-refractivity contribution in [1.29, 1.82) is 0 Å². The molecule has 66 heavy (non-hydrogen) atoms. The van der Waals surface area contributed by atoms with Gasteiger partial charge in [0, 0.05) is 43.0 Å². The number of nitrogens with zero attached hydrogens (tertiary/aromatic N) is 1. The van der Waals surface area contributed by atoms with E-state index >= 15 is 0 Å². The Bertz CT molecular complexity index is 2360. The Labute approximate surface area is 383 Å². The fraction of sp³-hybridized carbons (Fsp3) is 0.265. The van der Waals surface area contributed by atoms with E-state index < -0.39 is 23.9 Å². The smallest absolute Gasteiger partial charge is 0.323 e. The van der Waals surface area contributed by atoms with Crippen LogP contribution in [0.3, 0.4) is 0 Å². The number of esters is 1. The number of rotatable bonds is 19. The van der Waals surface area contributed by atoms with Gasteiger partial charge in [-0.2, -0.15) is 0 Å². The van der Waals surface area contributed by atoms with Gasteiger partial charge in [0.1, 0.15) is 5.75 Å². The molecule has 0 aliphatic carbocycles. The number of anilines is 4. The van der Waals surface area contributed by atoms with E-state index in [4.69, 9.17) is 19.3 Å². The highest BCUT2D eigenvalue weighted by Crippen LogP contribution is 2.22. The highest BCUT2D eigenvalue weighted by atomic mass is 19.0. The van der Waals surface area contributed by atoms with E-state index in [9.17, 15) is 28.8 Å². The quantitative estimate of drug-likeness (QED) is 0.0348. The number of ether oxygens (including phenoxy) is 3. The van der Waals surface area contributed by atoms with Crippen LogP contribution in [0.25, 0.3) is 0 Å². The summed E-state index contributed by atoms with van der Waals surface area (Å²) in [5, 5.41) is 22.6. The predicted molar refractivity (Wildman–Crippen MR) is 252 cm³/mol. The van der Waals surface area contributed by atoms with Gasteiger partial charge in [0.25, 0.3) is 0 Å². The number of benzene rings is 5. The largest absolute Gasteiger partial charge is 0.497 e. The molecule has 5 rings (SSSR count). The molecule has 1 atom stereocenters. The standard InChI is InChI=1S/C33H40N4O7.C16H16N2O3.FH/c1-23-8-5-6-9-28(23)36-33(41)34-26-14-10-24(11-15-26)20-31(39)37(18-7-19-42-2)22-30(38)35-29(21-32(40)44-4)25-12-16-27(43-3)17-13-25;1-11-4-2-3-5-14(11)18-16(21)17-13-8-6-12(7-9-13)10-15(19)20;/h5-6,8-17,29H,7,18-22H2,1-4H3,(H,35,38)(H2,34,36,41);2-9H,10H2,1H3,(H,19,20)(H2,17,18,21);1H/t29-;;/m0../s1. The summed E-state index contributed by atoms with van der Waals surface area (Å²) in [6.07, 6.45) is 0.490. The number of aliphatic carboxylic acids is 1. The van der Waals surface area contributed by atoms with Gasteiger partial charge in [0.05, 0.1) is 46.1 Å². The maximum absolute atomic E-state index is 13.3. The summed E-state index contributed by atoms with van der Waals surface area (Å²) in [6.45, 7) is 4.35. The Morgan fingerprint density at radius 3 is 1.59 bits per heavy atom. The van der Waals surface area contributed by atoms with E-state index in [0.29, 0.717) is 53.5 Å². The summed E-state index contributed by atoms with van der Waals surface area (Å²) in [6, 6.07) is 34.3. The summed E-state index contributed by atoms with van der Waals surface area (Å²) in [7, 11) is 4.41. The number of aryl methyl sites for hydroxylation is 2. The van der Waals surface area contributed by atoms with E-state index in [2.05, 4.69) is 26.6 Å². The summed E-state index contributed by atoms with van der Waals surface area (Å²) < 4.78 is 15.2. The minimum atomic E-state index is -0.881. The number of hydrogen-bond acceptors (Lipinski definition) is 9. The number of carboxylic acid groups (broad SMARTS) is 1. The topological polar surface area (TPSA) is 214 Å². The molecule has 0 aliphatic heterocycles. The molecule has 350 valence electrons. The van der Waals surface area contributed by atoms with Crippen LogP contribution in [0.2, 0.25) is 0 Å². The van der Waals surface area contributed by atoms with E-state index in [-0.39, 0.29) is 48.5 Å². The van der Waals surface area contributed by atoms with Crippen molar-refractivity contribution in [2.45, 2.75) is 45.6 Å². The molecule has 0 radical (unpaired) electrons. The lowest BCUT2D eigenvalue weighted by atomic mass is 10.0. The van der Waals surface area contributed by atoms with Crippen molar-refractivity contribution in [3.05, 3.63) is 149 Å². The van der Waals surface area contributed by atoms with Gasteiger partial charge in [-0.15, -0.1) is 0 Å². The van der Waals surface area contributed by atoms with E-state index in [0.717, 1.165) is 22.4 Å². The number of carbonyl (C=O) groups excluding carboxylic acids is 5. The van der Waals surface area contributed by atoms with Crippen molar-refractivity contribution in [3.63, 3.8) is 0 Å². The molecule has 6 amide bonds. The van der Waals surface area contributed by atoms with Gasteiger partial charge in [-0.3, -0.25) is 23.9 Å². The first kappa shape index (κ1) is 52.6. The molecule has 0 fully saturated rings. The molecule has 16 nitrogen and oxygen atoms in total. The normalized spacial score (nSPS) is 10.6. The van der Waals surface area contributed by atoms with Crippen LogP contribution >= 0.6 is 0 Å². The lowest BCUT2D eigenvalue weighted by molar-refractivity contribution is -0.142. The van der Waals surface area contributed by atoms with E-state index in [1.807, 2.05) is 62.4 Å². The SMILES string of the molecule is COCCCN(CC(=O)N[C@@H](CC(=O)OC)c1ccc(OC)cc1)C(=O)Cc1ccc(NC(=O)Nc2ccccc2C)cc1.Cc1ccccc1NC(=O)Nc1ccc(CC(=O)O)cc1.F. The summed E-state index contributed by atoms with van der Waals surface area (Å²) in [5.41, 5.74) is 6.66. The number of carboxylic acids is 1. The second-order valence-electron chi connectivity index (χ2n) is 14.8. The first-order chi connectivity index (χ1) is 31.3. The highest BCUT2D eigenvalue weighted by Gasteiger charge is 2.23. The lowest BCUT2D eigenvalue weighted by Crippen LogP contribution is -2.43. The maximum Gasteiger partial charge on any atom is 0.323 e. The number of carbonyl (C=O) groups is 6. The van der Waals surface area contributed by atoms with Crippen molar-refractivity contribution in [3.8, 4) is 5.75 Å². The van der Waals surface area contributed by atoms with Crippen LogP contribution in [0.4, 0.5) is 37.0 Å². The molecule has 6 N–H and O–H groups in total. The third-order valence-corrected chi connectivity index (χ3v) is 9.84. The van der Waals surface area contributed by atoms with Crippen molar-refractivity contribution in [1.82, 2.24) is 10.2 Å². The third kappa shape index (κ3) is 18.1. The summed E-state index contributed by atoms with van der Waals surface area (Å²) in [4.78, 5) is 74.9. The van der Waals surface area contributed by atoms with E-state index in [1.165, 1.54) is 12.0 Å². The third-order valence-electron chi connectivity index (χ3n) is 9.84. The number of nitrogens with one attached hydrogen (secondary N) is 5.